The average molecular weight is 282 g/mol. The van der Waals surface area contributed by atoms with Crippen LogP contribution in [0.15, 0.2) is 48.5 Å². The second-order valence-corrected chi connectivity index (χ2v) is 5.71. The van der Waals surface area contributed by atoms with Crippen molar-refractivity contribution in [1.29, 1.82) is 0 Å². The number of anilines is 1. The Morgan fingerprint density at radius 2 is 1.70 bits per heavy atom. The number of nitrogens with zero attached hydrogens (tertiary/aromatic N) is 2. The minimum absolute atomic E-state index is 1.01. The van der Waals surface area contributed by atoms with Crippen LogP contribution in [0.4, 0.5) is 5.69 Å². The Hall–Kier alpha value is -1.87. The van der Waals surface area contributed by atoms with Gasteiger partial charge in [0.05, 0.1) is 10.4 Å². The molecule has 2 nitrogen and oxygen atoms in total. The van der Waals surface area contributed by atoms with Crippen molar-refractivity contribution in [3.8, 4) is 10.6 Å². The third kappa shape index (κ3) is 2.29. The van der Waals surface area contributed by atoms with Gasteiger partial charge in [-0.1, -0.05) is 36.4 Å². The van der Waals surface area contributed by atoms with Gasteiger partial charge in [0, 0.05) is 18.7 Å². The van der Waals surface area contributed by atoms with Crippen molar-refractivity contribution < 1.29 is 0 Å². The van der Waals surface area contributed by atoms with E-state index in [1.807, 2.05) is 6.07 Å². The van der Waals surface area contributed by atoms with Crippen molar-refractivity contribution in [1.82, 2.24) is 4.98 Å². The number of hydrogen-bond donors (Lipinski definition) is 0. The Kier molecular flexibility index (Phi) is 3.70. The Morgan fingerprint density at radius 1 is 0.950 bits per heavy atom. The van der Waals surface area contributed by atoms with E-state index in [2.05, 4.69) is 61.2 Å². The van der Waals surface area contributed by atoms with Gasteiger partial charge in [0.1, 0.15) is 10.5 Å². The van der Waals surface area contributed by atoms with Crippen LogP contribution in [-0.4, -0.2) is 18.1 Å². The van der Waals surface area contributed by atoms with E-state index in [1.54, 1.807) is 11.3 Å². The second kappa shape index (κ2) is 5.63. The summed E-state index contributed by atoms with van der Waals surface area (Å²) < 4.78 is 1.26. The van der Waals surface area contributed by atoms with Gasteiger partial charge in [-0.3, -0.25) is 0 Å². The van der Waals surface area contributed by atoms with Crippen molar-refractivity contribution >= 4 is 27.2 Å². The molecule has 0 fully saturated rings. The summed E-state index contributed by atoms with van der Waals surface area (Å²) in [4.78, 5) is 7.23. The first kappa shape index (κ1) is 13.1. The lowest BCUT2D eigenvalue weighted by Crippen LogP contribution is -2.21. The zero-order valence-electron chi connectivity index (χ0n) is 11.8. The third-order valence-electron chi connectivity index (χ3n) is 3.52. The maximum absolute atomic E-state index is 4.88. The monoisotopic (exact) mass is 282 g/mol. The number of rotatable bonds is 4. The van der Waals surface area contributed by atoms with Crippen LogP contribution in [0.2, 0.25) is 0 Å². The van der Waals surface area contributed by atoms with E-state index in [9.17, 15) is 0 Å². The van der Waals surface area contributed by atoms with Gasteiger partial charge >= 0.3 is 0 Å². The zero-order chi connectivity index (χ0) is 13.9. The van der Waals surface area contributed by atoms with Gasteiger partial charge in [-0.05, 0) is 26.0 Å². The molecule has 0 aliphatic rings. The number of aromatic nitrogens is 1. The summed E-state index contributed by atoms with van der Waals surface area (Å²) in [6.45, 7) is 6.39. The third-order valence-corrected chi connectivity index (χ3v) is 4.59. The van der Waals surface area contributed by atoms with Gasteiger partial charge in [-0.2, -0.15) is 0 Å². The lowest BCUT2D eigenvalue weighted by molar-refractivity contribution is 0.869. The van der Waals surface area contributed by atoms with Crippen molar-refractivity contribution in [2.75, 3.05) is 18.0 Å². The number of benzene rings is 2. The molecule has 0 N–H and O–H groups in total. The molecule has 0 saturated carbocycles. The summed E-state index contributed by atoms with van der Waals surface area (Å²) in [5.74, 6) is 0. The minimum atomic E-state index is 1.01. The minimum Gasteiger partial charge on any atom is -0.370 e. The number of para-hydroxylation sites is 1. The van der Waals surface area contributed by atoms with E-state index in [4.69, 9.17) is 4.98 Å². The van der Waals surface area contributed by atoms with Crippen LogP contribution >= 0.6 is 11.3 Å². The van der Waals surface area contributed by atoms with Crippen LogP contribution in [0.25, 0.3) is 20.8 Å². The van der Waals surface area contributed by atoms with Gasteiger partial charge in [0.25, 0.3) is 0 Å². The molecule has 3 heteroatoms. The highest BCUT2D eigenvalue weighted by Crippen LogP contribution is 2.34. The van der Waals surface area contributed by atoms with E-state index in [1.165, 1.54) is 16.0 Å². The quantitative estimate of drug-likeness (QED) is 0.682. The molecule has 20 heavy (non-hydrogen) atoms. The molecule has 0 aliphatic carbocycles. The molecule has 3 rings (SSSR count). The predicted molar refractivity (Wildman–Crippen MR) is 88.6 cm³/mol. The van der Waals surface area contributed by atoms with Crippen LogP contribution in [0, 0.1) is 0 Å². The zero-order valence-corrected chi connectivity index (χ0v) is 12.7. The molecule has 0 unspecified atom stereocenters. The van der Waals surface area contributed by atoms with Crippen molar-refractivity contribution in [2.45, 2.75) is 13.8 Å². The van der Waals surface area contributed by atoms with E-state index in [0.29, 0.717) is 0 Å². The standard InChI is InChI=1S/C17H18N2S/c1-3-19(4-2)14-11-8-12-15-16(14)18-17(20-15)13-9-6-5-7-10-13/h5-12H,3-4H2,1-2H3. The van der Waals surface area contributed by atoms with Crippen LogP contribution in [0.3, 0.4) is 0 Å². The van der Waals surface area contributed by atoms with Crippen molar-refractivity contribution in [3.63, 3.8) is 0 Å². The number of thiazole rings is 1. The highest BCUT2D eigenvalue weighted by Gasteiger charge is 2.12. The first-order valence-electron chi connectivity index (χ1n) is 7.03. The van der Waals surface area contributed by atoms with Gasteiger partial charge in [0.2, 0.25) is 0 Å². The molecule has 1 aromatic heterocycles. The molecular formula is C17H18N2S. The SMILES string of the molecule is CCN(CC)c1cccc2sc(-c3ccccc3)nc12. The van der Waals surface area contributed by atoms with E-state index < -0.39 is 0 Å². The van der Waals surface area contributed by atoms with Crippen LogP contribution in [0.1, 0.15) is 13.8 Å². The fourth-order valence-electron chi connectivity index (χ4n) is 2.46. The second-order valence-electron chi connectivity index (χ2n) is 4.68. The Labute approximate surface area is 123 Å². The van der Waals surface area contributed by atoms with Gasteiger partial charge < -0.3 is 4.90 Å². The van der Waals surface area contributed by atoms with Crippen molar-refractivity contribution in [2.24, 2.45) is 0 Å². The van der Waals surface area contributed by atoms with Gasteiger partial charge in [-0.15, -0.1) is 11.3 Å². The molecule has 102 valence electrons. The smallest absolute Gasteiger partial charge is 0.124 e. The summed E-state index contributed by atoms with van der Waals surface area (Å²) in [5, 5.41) is 1.10. The molecule has 0 saturated heterocycles. The van der Waals surface area contributed by atoms with Crippen LogP contribution < -0.4 is 4.90 Å². The van der Waals surface area contributed by atoms with E-state index in [-0.39, 0.29) is 0 Å². The molecule has 0 amide bonds. The van der Waals surface area contributed by atoms with Crippen molar-refractivity contribution in [3.05, 3.63) is 48.5 Å². The first-order valence-corrected chi connectivity index (χ1v) is 7.85. The molecule has 3 aromatic rings. The van der Waals surface area contributed by atoms with Gasteiger partial charge in [0.15, 0.2) is 0 Å². The van der Waals surface area contributed by atoms with E-state index in [0.717, 1.165) is 23.6 Å². The van der Waals surface area contributed by atoms with Crippen LogP contribution in [-0.2, 0) is 0 Å². The molecule has 1 heterocycles. The maximum atomic E-state index is 4.88. The first-order chi connectivity index (χ1) is 9.83. The lowest BCUT2D eigenvalue weighted by atomic mass is 10.2. The molecule has 0 spiro atoms. The summed E-state index contributed by atoms with van der Waals surface area (Å²) in [5.41, 5.74) is 3.56. The lowest BCUT2D eigenvalue weighted by Gasteiger charge is -2.21. The number of fused-ring (bicyclic) bond motifs is 1. The molecular weight excluding hydrogens is 264 g/mol. The molecule has 0 aliphatic heterocycles. The molecule has 0 radical (unpaired) electrons. The fraction of sp³-hybridized carbons (Fsp3) is 0.235. The maximum Gasteiger partial charge on any atom is 0.124 e. The summed E-state index contributed by atoms with van der Waals surface area (Å²) in [7, 11) is 0. The fourth-order valence-corrected chi connectivity index (χ4v) is 3.45. The predicted octanol–water partition coefficient (Wildman–Crippen LogP) is 4.81. The summed E-state index contributed by atoms with van der Waals surface area (Å²) in [6.07, 6.45) is 0. The Bertz CT molecular complexity index is 699. The highest BCUT2D eigenvalue weighted by molar-refractivity contribution is 7.21. The Morgan fingerprint density at radius 3 is 2.40 bits per heavy atom. The molecule has 0 atom stereocenters. The molecule has 2 aromatic carbocycles. The summed E-state index contributed by atoms with van der Waals surface area (Å²) >= 11 is 1.77. The van der Waals surface area contributed by atoms with Crippen LogP contribution in [0.5, 0.6) is 0 Å². The Balaban J connectivity index is 2.14. The average Bonchev–Trinajstić information content (AvgIpc) is 2.94. The van der Waals surface area contributed by atoms with E-state index >= 15 is 0 Å². The normalized spacial score (nSPS) is 10.9. The molecule has 0 bridgehead atoms. The summed E-state index contributed by atoms with van der Waals surface area (Å²) in [6, 6.07) is 16.9. The topological polar surface area (TPSA) is 16.1 Å². The van der Waals surface area contributed by atoms with Gasteiger partial charge in [-0.25, -0.2) is 4.98 Å². The highest BCUT2D eigenvalue weighted by atomic mass is 32.1. The largest absolute Gasteiger partial charge is 0.370 e. The number of hydrogen-bond acceptors (Lipinski definition) is 3.